The van der Waals surface area contributed by atoms with Crippen LogP contribution in [-0.4, -0.2) is 31.3 Å². The molecular formula is C27H35N2O5Si. The van der Waals surface area contributed by atoms with Gasteiger partial charge in [-0.1, -0.05) is 20.8 Å². The van der Waals surface area contributed by atoms with Crippen LogP contribution >= 0.6 is 0 Å². The smallest absolute Gasteiger partial charge is 0.303 e. The van der Waals surface area contributed by atoms with Crippen LogP contribution in [-0.2, 0) is 14.0 Å². The Labute approximate surface area is 209 Å². The van der Waals surface area contributed by atoms with Gasteiger partial charge in [0.2, 0.25) is 9.04 Å². The Hall–Kier alpha value is -2.89. The summed E-state index contributed by atoms with van der Waals surface area (Å²) in [5, 5.41) is 9.47. The molecule has 0 amide bonds. The highest BCUT2D eigenvalue weighted by Gasteiger charge is 2.47. The van der Waals surface area contributed by atoms with Crippen molar-refractivity contribution >= 4 is 15.0 Å². The number of fused-ring (bicyclic) bond motifs is 1. The number of nitriles is 1. The summed E-state index contributed by atoms with van der Waals surface area (Å²) in [5.74, 6) is 0.0805. The third-order valence-electron chi connectivity index (χ3n) is 5.91. The van der Waals surface area contributed by atoms with Gasteiger partial charge < -0.3 is 18.5 Å². The van der Waals surface area contributed by atoms with Crippen molar-refractivity contribution in [2.45, 2.75) is 84.9 Å². The normalized spacial score (nSPS) is 19.9. The Balaban J connectivity index is 2.16. The first kappa shape index (κ1) is 26.7. The third kappa shape index (κ3) is 6.22. The van der Waals surface area contributed by atoms with Crippen LogP contribution in [0.4, 0.5) is 0 Å². The van der Waals surface area contributed by atoms with E-state index in [1.54, 1.807) is 35.0 Å². The molecule has 0 bridgehead atoms. The molecule has 1 unspecified atom stereocenters. The minimum Gasteiger partial charge on any atom is -0.484 e. The zero-order valence-corrected chi connectivity index (χ0v) is 22.8. The van der Waals surface area contributed by atoms with Gasteiger partial charge in [-0.3, -0.25) is 9.59 Å². The molecule has 2 aromatic rings. The Bertz CT molecular complexity index is 1190. The Morgan fingerprint density at radius 3 is 2.49 bits per heavy atom. The van der Waals surface area contributed by atoms with Crippen molar-refractivity contribution in [1.82, 2.24) is 4.57 Å². The van der Waals surface area contributed by atoms with E-state index in [1.807, 2.05) is 19.9 Å². The van der Waals surface area contributed by atoms with Crippen LogP contribution in [0.5, 0.6) is 5.75 Å². The maximum Gasteiger partial charge on any atom is 0.303 e. The highest BCUT2D eigenvalue weighted by Crippen LogP contribution is 2.43. The number of nitrogens with zero attached hydrogens (tertiary/aromatic N) is 2. The van der Waals surface area contributed by atoms with Gasteiger partial charge in [0.15, 0.2) is 6.10 Å². The molecule has 1 aliphatic rings. The lowest BCUT2D eigenvalue weighted by Gasteiger charge is -2.44. The Morgan fingerprint density at radius 2 is 1.94 bits per heavy atom. The second-order valence-corrected chi connectivity index (χ2v) is 13.1. The minimum absolute atomic E-state index is 0.0225. The number of esters is 1. The molecule has 8 heteroatoms. The zero-order chi connectivity index (χ0) is 26.1. The van der Waals surface area contributed by atoms with Gasteiger partial charge >= 0.3 is 5.97 Å². The number of aromatic nitrogens is 1. The summed E-state index contributed by atoms with van der Waals surface area (Å²) in [6.45, 7) is 15.6. The van der Waals surface area contributed by atoms with E-state index >= 15 is 0 Å². The van der Waals surface area contributed by atoms with Gasteiger partial charge in [0.05, 0.1) is 17.7 Å². The van der Waals surface area contributed by atoms with Gasteiger partial charge in [-0.25, -0.2) is 0 Å². The van der Waals surface area contributed by atoms with E-state index in [4.69, 9.17) is 13.9 Å². The van der Waals surface area contributed by atoms with E-state index in [0.717, 1.165) is 12.0 Å². The summed E-state index contributed by atoms with van der Waals surface area (Å²) in [6.07, 6.45) is 1.54. The number of hydrogen-bond donors (Lipinski definition) is 0. The molecule has 0 N–H and O–H groups in total. The highest BCUT2D eigenvalue weighted by atomic mass is 28.3. The molecular weight excluding hydrogens is 460 g/mol. The van der Waals surface area contributed by atoms with Gasteiger partial charge in [-0.15, -0.1) is 0 Å². The molecule has 187 valence electrons. The molecule has 0 fully saturated rings. The van der Waals surface area contributed by atoms with Crippen molar-refractivity contribution in [3.63, 3.8) is 0 Å². The largest absolute Gasteiger partial charge is 0.484 e. The molecule has 2 heterocycles. The second kappa shape index (κ2) is 10.00. The van der Waals surface area contributed by atoms with Crippen molar-refractivity contribution in [3.05, 3.63) is 63.6 Å². The second-order valence-electron chi connectivity index (χ2n) is 11.0. The molecule has 7 nitrogen and oxygen atoms in total. The van der Waals surface area contributed by atoms with E-state index in [9.17, 15) is 14.9 Å². The first-order chi connectivity index (χ1) is 16.2. The van der Waals surface area contributed by atoms with Crippen LogP contribution in [0.1, 0.15) is 76.8 Å². The van der Waals surface area contributed by atoms with Crippen LogP contribution in [0.2, 0.25) is 13.1 Å². The topological polar surface area (TPSA) is 90.5 Å². The monoisotopic (exact) mass is 495 g/mol. The van der Waals surface area contributed by atoms with Crippen molar-refractivity contribution in [2.75, 3.05) is 0 Å². The van der Waals surface area contributed by atoms with Gasteiger partial charge in [-0.2, -0.15) is 5.26 Å². The first-order valence-electron chi connectivity index (χ1n) is 11.8. The fraction of sp³-hybridized carbons (Fsp3) is 0.519. The van der Waals surface area contributed by atoms with Gasteiger partial charge in [0, 0.05) is 24.8 Å². The van der Waals surface area contributed by atoms with E-state index < -0.39 is 32.8 Å². The van der Waals surface area contributed by atoms with E-state index in [-0.39, 0.29) is 17.1 Å². The summed E-state index contributed by atoms with van der Waals surface area (Å²) >= 11 is 0. The van der Waals surface area contributed by atoms with E-state index in [2.05, 4.69) is 39.9 Å². The van der Waals surface area contributed by atoms with Crippen molar-refractivity contribution in [1.29, 1.82) is 5.26 Å². The van der Waals surface area contributed by atoms with E-state index in [0.29, 0.717) is 16.9 Å². The van der Waals surface area contributed by atoms with Crippen LogP contribution in [0.15, 0.2) is 41.3 Å². The predicted octanol–water partition coefficient (Wildman–Crippen LogP) is 5.16. The van der Waals surface area contributed by atoms with Crippen molar-refractivity contribution < 1.29 is 18.7 Å². The summed E-state index contributed by atoms with van der Waals surface area (Å²) < 4.78 is 19.7. The number of ether oxygens (including phenoxy) is 2. The average molecular weight is 496 g/mol. The average Bonchev–Trinajstić information content (AvgIpc) is 2.72. The SMILES string of the molecule is CC(=O)O[C@@H]1[C@@H](n2ccc(C(CC(C)(C)C)O[Si](C)C)cc2=O)c2cc(C#N)ccc2OC1(C)C. The molecule has 3 rings (SSSR count). The van der Waals surface area contributed by atoms with Crippen LogP contribution < -0.4 is 10.3 Å². The summed E-state index contributed by atoms with van der Waals surface area (Å²) in [5.41, 5.74) is 0.763. The lowest BCUT2D eigenvalue weighted by molar-refractivity contribution is -0.163. The fourth-order valence-corrected chi connectivity index (χ4v) is 5.30. The van der Waals surface area contributed by atoms with Crippen molar-refractivity contribution in [2.24, 2.45) is 5.41 Å². The molecule has 1 aromatic heterocycles. The predicted molar refractivity (Wildman–Crippen MR) is 136 cm³/mol. The minimum atomic E-state index is -0.993. The van der Waals surface area contributed by atoms with Crippen LogP contribution in [0.25, 0.3) is 0 Å². The Morgan fingerprint density at radius 1 is 1.26 bits per heavy atom. The standard InChI is InChI=1S/C27H35N2O5Si/c1-17(30)32-25-24(20-13-18(16-28)9-10-21(20)33-27(25,5)6)29-12-11-19(14-23(29)31)22(34-35(7)8)15-26(2,3)4/h9-14,22,24-25H,15H2,1-8H3/t22?,24-,25+/m0/s1. The number of carbonyl (C=O) groups excluding carboxylic acids is 1. The molecule has 3 atom stereocenters. The van der Waals surface area contributed by atoms with Crippen LogP contribution in [0, 0.1) is 16.7 Å². The third-order valence-corrected chi connectivity index (χ3v) is 6.67. The van der Waals surface area contributed by atoms with Crippen molar-refractivity contribution in [3.8, 4) is 11.8 Å². The molecule has 35 heavy (non-hydrogen) atoms. The molecule has 0 aliphatic carbocycles. The zero-order valence-electron chi connectivity index (χ0n) is 21.8. The molecule has 1 aromatic carbocycles. The van der Waals surface area contributed by atoms with Gasteiger partial charge in [0.1, 0.15) is 17.4 Å². The molecule has 0 spiro atoms. The first-order valence-corrected chi connectivity index (χ1v) is 14.2. The number of pyridine rings is 1. The molecule has 1 radical (unpaired) electrons. The summed E-state index contributed by atoms with van der Waals surface area (Å²) in [4.78, 5) is 25.6. The molecule has 0 saturated heterocycles. The lowest BCUT2D eigenvalue weighted by atomic mass is 9.85. The number of hydrogen-bond acceptors (Lipinski definition) is 6. The maximum absolute atomic E-state index is 13.6. The summed E-state index contributed by atoms with van der Waals surface area (Å²) in [7, 11) is -0.993. The van der Waals surface area contributed by atoms with Crippen LogP contribution in [0.3, 0.4) is 0 Å². The van der Waals surface area contributed by atoms with E-state index in [1.165, 1.54) is 6.92 Å². The molecule has 1 aliphatic heterocycles. The maximum atomic E-state index is 13.6. The van der Waals surface area contributed by atoms with Gasteiger partial charge in [0.25, 0.3) is 5.56 Å². The number of rotatable bonds is 6. The lowest BCUT2D eigenvalue weighted by Crippen LogP contribution is -2.54. The fourth-order valence-electron chi connectivity index (χ4n) is 4.51. The molecule has 0 saturated carbocycles. The summed E-state index contributed by atoms with van der Waals surface area (Å²) in [6, 6.07) is 10.1. The quantitative estimate of drug-likeness (QED) is 0.406. The number of benzene rings is 1. The van der Waals surface area contributed by atoms with Gasteiger partial charge in [-0.05, 0) is 68.6 Å². The highest BCUT2D eigenvalue weighted by molar-refractivity contribution is 6.48. The number of carbonyl (C=O) groups is 1. The Kier molecular flexibility index (Phi) is 7.63.